The summed E-state index contributed by atoms with van der Waals surface area (Å²) in [5, 5.41) is 2.98. The van der Waals surface area contributed by atoms with E-state index in [1.165, 1.54) is 6.42 Å². The van der Waals surface area contributed by atoms with E-state index in [0.29, 0.717) is 6.61 Å². The van der Waals surface area contributed by atoms with Gasteiger partial charge in [-0.1, -0.05) is 30.3 Å². The third-order valence-electron chi connectivity index (χ3n) is 6.05. The Morgan fingerprint density at radius 1 is 1.03 bits per heavy atom. The van der Waals surface area contributed by atoms with Gasteiger partial charge in [0.05, 0.1) is 11.7 Å². The van der Waals surface area contributed by atoms with Crippen molar-refractivity contribution in [2.24, 2.45) is 0 Å². The van der Waals surface area contributed by atoms with Gasteiger partial charge >= 0.3 is 6.03 Å². The number of aromatic nitrogens is 2. The second-order valence-electron chi connectivity index (χ2n) is 8.49. The molecule has 2 amide bonds. The molecule has 0 spiro atoms. The summed E-state index contributed by atoms with van der Waals surface area (Å²) in [7, 11) is 0. The molecule has 0 saturated carbocycles. The van der Waals surface area contributed by atoms with E-state index in [-0.39, 0.29) is 12.1 Å². The zero-order chi connectivity index (χ0) is 22.5. The molecule has 32 heavy (non-hydrogen) atoms. The fraction of sp³-hybridized carbons (Fsp3) is 0.385. The molecule has 3 aromatic rings. The third-order valence-corrected chi connectivity index (χ3v) is 6.05. The monoisotopic (exact) mass is 432 g/mol. The van der Waals surface area contributed by atoms with E-state index in [1.54, 1.807) is 0 Å². The molecule has 0 radical (unpaired) electrons. The van der Waals surface area contributed by atoms with Gasteiger partial charge in [-0.15, -0.1) is 0 Å². The van der Waals surface area contributed by atoms with Gasteiger partial charge < -0.3 is 19.5 Å². The van der Waals surface area contributed by atoms with E-state index < -0.39 is 0 Å². The average molecular weight is 433 g/mol. The summed E-state index contributed by atoms with van der Waals surface area (Å²) >= 11 is 0. The molecule has 6 nitrogen and oxygen atoms in total. The first kappa shape index (κ1) is 21.9. The Labute approximate surface area is 190 Å². The quantitative estimate of drug-likeness (QED) is 0.533. The van der Waals surface area contributed by atoms with Crippen molar-refractivity contribution >= 4 is 11.7 Å². The van der Waals surface area contributed by atoms with Gasteiger partial charge in [-0.2, -0.15) is 0 Å². The molecule has 1 unspecified atom stereocenters. The lowest BCUT2D eigenvalue weighted by molar-refractivity contribution is 0.200. The van der Waals surface area contributed by atoms with Crippen LogP contribution in [0.5, 0.6) is 5.75 Å². The molecule has 4 rings (SSSR count). The molecule has 1 atom stereocenters. The zero-order valence-electron chi connectivity index (χ0n) is 19.2. The summed E-state index contributed by atoms with van der Waals surface area (Å²) in [5.41, 5.74) is 4.07. The van der Waals surface area contributed by atoms with Crippen LogP contribution in [0, 0.1) is 13.8 Å². The van der Waals surface area contributed by atoms with Gasteiger partial charge in [-0.25, -0.2) is 9.78 Å². The summed E-state index contributed by atoms with van der Waals surface area (Å²) in [6, 6.07) is 18.0. The minimum Gasteiger partial charge on any atom is -0.491 e. The van der Waals surface area contributed by atoms with Crippen molar-refractivity contribution in [3.05, 3.63) is 66.1 Å². The van der Waals surface area contributed by atoms with E-state index in [9.17, 15) is 4.79 Å². The van der Waals surface area contributed by atoms with E-state index in [4.69, 9.17) is 9.72 Å². The number of carbonyl (C=O) groups excluding carboxylic acids is 1. The van der Waals surface area contributed by atoms with E-state index in [0.717, 1.165) is 60.1 Å². The molecule has 2 heterocycles. The number of hydrogen-bond acceptors (Lipinski definition) is 3. The Hall–Kier alpha value is -3.28. The first-order valence-electron chi connectivity index (χ1n) is 11.4. The average Bonchev–Trinajstić information content (AvgIpc) is 3.13. The lowest BCUT2D eigenvalue weighted by Gasteiger charge is -2.26. The maximum Gasteiger partial charge on any atom is 0.321 e. The third kappa shape index (κ3) is 4.96. The van der Waals surface area contributed by atoms with E-state index >= 15 is 0 Å². The maximum atomic E-state index is 12.4. The fourth-order valence-corrected chi connectivity index (χ4v) is 4.40. The largest absolute Gasteiger partial charge is 0.491 e. The predicted octanol–water partition coefficient (Wildman–Crippen LogP) is 5.82. The first-order chi connectivity index (χ1) is 15.5. The minimum absolute atomic E-state index is 0.0210. The summed E-state index contributed by atoms with van der Waals surface area (Å²) in [6.45, 7) is 8.50. The molecule has 1 aromatic heterocycles. The van der Waals surface area contributed by atoms with Crippen molar-refractivity contribution in [2.75, 3.05) is 25.0 Å². The van der Waals surface area contributed by atoms with Gasteiger partial charge in [0, 0.05) is 30.0 Å². The van der Waals surface area contributed by atoms with Gasteiger partial charge in [0.2, 0.25) is 0 Å². The highest BCUT2D eigenvalue weighted by Gasteiger charge is 2.18. The number of likely N-dealkylation sites (tertiary alicyclic amines) is 1. The van der Waals surface area contributed by atoms with Crippen LogP contribution in [0.2, 0.25) is 0 Å². The molecule has 0 aliphatic carbocycles. The number of rotatable bonds is 6. The molecule has 2 aromatic carbocycles. The van der Waals surface area contributed by atoms with E-state index in [2.05, 4.69) is 35.9 Å². The Morgan fingerprint density at radius 2 is 1.72 bits per heavy atom. The van der Waals surface area contributed by atoms with Crippen LogP contribution in [0.25, 0.3) is 11.3 Å². The molecule has 168 valence electrons. The minimum atomic E-state index is -0.0210. The van der Waals surface area contributed by atoms with Crippen molar-refractivity contribution in [3.63, 3.8) is 0 Å². The number of benzene rings is 2. The van der Waals surface area contributed by atoms with Crippen molar-refractivity contribution < 1.29 is 9.53 Å². The van der Waals surface area contributed by atoms with Gasteiger partial charge in [0.1, 0.15) is 18.2 Å². The van der Waals surface area contributed by atoms with Crippen LogP contribution < -0.4 is 10.1 Å². The van der Waals surface area contributed by atoms with Crippen LogP contribution in [0.1, 0.15) is 43.7 Å². The molecule has 1 aliphatic heterocycles. The smallest absolute Gasteiger partial charge is 0.321 e. The number of amides is 2. The van der Waals surface area contributed by atoms with Gasteiger partial charge in [-0.05, 0) is 64.3 Å². The number of anilines is 1. The second kappa shape index (κ2) is 9.90. The summed E-state index contributed by atoms with van der Waals surface area (Å²) < 4.78 is 8.28. The van der Waals surface area contributed by atoms with Crippen molar-refractivity contribution in [3.8, 4) is 17.0 Å². The molecule has 1 aliphatic rings. The summed E-state index contributed by atoms with van der Waals surface area (Å²) in [6.07, 6.45) is 3.38. The molecule has 1 N–H and O–H groups in total. The van der Waals surface area contributed by atoms with Crippen LogP contribution in [0.15, 0.2) is 54.6 Å². The normalized spacial score (nSPS) is 14.8. The van der Waals surface area contributed by atoms with Crippen molar-refractivity contribution in [1.29, 1.82) is 0 Å². The second-order valence-corrected chi connectivity index (χ2v) is 8.49. The van der Waals surface area contributed by atoms with Crippen LogP contribution in [0.3, 0.4) is 0 Å². The highest BCUT2D eigenvalue weighted by molar-refractivity contribution is 5.89. The SMILES string of the molecule is Cc1nc(-c2ccccc2)c(C)n1C(C)COc1ccc(NC(=O)N2CCCCC2)cc1. The number of carbonyl (C=O) groups is 1. The van der Waals surface area contributed by atoms with Crippen molar-refractivity contribution in [2.45, 2.75) is 46.1 Å². The van der Waals surface area contributed by atoms with E-state index in [1.807, 2.05) is 54.3 Å². The number of ether oxygens (including phenoxy) is 1. The lowest BCUT2D eigenvalue weighted by atomic mass is 10.1. The number of hydrogen-bond donors (Lipinski definition) is 1. The highest BCUT2D eigenvalue weighted by Crippen LogP contribution is 2.27. The standard InChI is InChI=1S/C26H32N4O2/c1-19(30-20(2)25(27-21(30)3)22-10-6-4-7-11-22)18-32-24-14-12-23(13-15-24)28-26(31)29-16-8-5-9-17-29/h4,6-7,10-15,19H,5,8-9,16-18H2,1-3H3,(H,28,31). The van der Waals surface area contributed by atoms with Crippen LogP contribution in [-0.4, -0.2) is 40.2 Å². The Morgan fingerprint density at radius 3 is 2.41 bits per heavy atom. The number of nitrogens with one attached hydrogen (secondary N) is 1. The number of urea groups is 1. The van der Waals surface area contributed by atoms with Gasteiger partial charge in [-0.3, -0.25) is 0 Å². The molecule has 1 fully saturated rings. The maximum absolute atomic E-state index is 12.4. The number of nitrogens with zero attached hydrogens (tertiary/aromatic N) is 3. The molecule has 6 heteroatoms. The number of piperidine rings is 1. The summed E-state index contributed by atoms with van der Waals surface area (Å²) in [4.78, 5) is 19.0. The first-order valence-corrected chi connectivity index (χ1v) is 11.4. The lowest BCUT2D eigenvalue weighted by Crippen LogP contribution is -2.38. The summed E-state index contributed by atoms with van der Waals surface area (Å²) in [5.74, 6) is 1.76. The molecular formula is C26H32N4O2. The molecule has 0 bridgehead atoms. The number of imidazole rings is 1. The highest BCUT2D eigenvalue weighted by atomic mass is 16.5. The Kier molecular flexibility index (Phi) is 6.78. The predicted molar refractivity (Wildman–Crippen MR) is 128 cm³/mol. The van der Waals surface area contributed by atoms with Crippen LogP contribution in [0.4, 0.5) is 10.5 Å². The van der Waals surface area contributed by atoms with Gasteiger partial charge in [0.25, 0.3) is 0 Å². The molecular weight excluding hydrogens is 400 g/mol. The van der Waals surface area contributed by atoms with Gasteiger partial charge in [0.15, 0.2) is 0 Å². The number of aryl methyl sites for hydroxylation is 1. The zero-order valence-corrected chi connectivity index (χ0v) is 19.2. The van der Waals surface area contributed by atoms with Crippen molar-refractivity contribution in [1.82, 2.24) is 14.5 Å². The Balaban J connectivity index is 1.36. The fourth-order valence-electron chi connectivity index (χ4n) is 4.40. The topological polar surface area (TPSA) is 59.4 Å². The Bertz CT molecular complexity index is 1040. The van der Waals surface area contributed by atoms with Crippen LogP contribution >= 0.6 is 0 Å². The molecule has 1 saturated heterocycles. The van der Waals surface area contributed by atoms with Crippen LogP contribution in [-0.2, 0) is 0 Å².